The van der Waals surface area contributed by atoms with E-state index in [0.717, 1.165) is 36.2 Å². The van der Waals surface area contributed by atoms with Gasteiger partial charge in [0.1, 0.15) is 5.75 Å². The minimum absolute atomic E-state index is 0.0241. The molecule has 3 rings (SSSR count). The second kappa shape index (κ2) is 10.3. The predicted octanol–water partition coefficient (Wildman–Crippen LogP) is 3.36. The molecule has 6 nitrogen and oxygen atoms in total. The van der Waals surface area contributed by atoms with Crippen molar-refractivity contribution >= 4 is 33.4 Å². The van der Waals surface area contributed by atoms with Crippen molar-refractivity contribution in [3.05, 3.63) is 58.6 Å². The molecule has 154 valence electrons. The number of hydrogen-bond acceptors (Lipinski definition) is 4. The summed E-state index contributed by atoms with van der Waals surface area (Å²) < 4.78 is 6.12. The van der Waals surface area contributed by atoms with Gasteiger partial charge in [0.2, 0.25) is 5.91 Å². The third-order valence-corrected chi connectivity index (χ3v) is 5.57. The third-order valence-electron chi connectivity index (χ3n) is 5.04. The lowest BCUT2D eigenvalue weighted by molar-refractivity contribution is -0.121. The van der Waals surface area contributed by atoms with Gasteiger partial charge in [-0.3, -0.25) is 9.59 Å². The second-order valence-electron chi connectivity index (χ2n) is 7.04. The van der Waals surface area contributed by atoms with Gasteiger partial charge in [0.05, 0.1) is 7.11 Å². The summed E-state index contributed by atoms with van der Waals surface area (Å²) in [4.78, 5) is 26.6. The Morgan fingerprint density at radius 1 is 1.07 bits per heavy atom. The highest BCUT2D eigenvalue weighted by Gasteiger charge is 2.21. The standard InChI is InChI=1S/C22H26BrN3O3/c1-29-20-8-6-19(7-9-20)26-14-11-18(12-15-26)25-21(27)10-13-24-22(28)16-2-4-17(23)5-3-16/h2-9,18H,10-15H2,1H3,(H,24,28)(H,25,27). The van der Waals surface area contributed by atoms with Crippen molar-refractivity contribution in [2.75, 3.05) is 31.6 Å². The summed E-state index contributed by atoms with van der Waals surface area (Å²) in [6.45, 7) is 2.13. The molecule has 1 saturated heterocycles. The van der Waals surface area contributed by atoms with Gasteiger partial charge in [-0.1, -0.05) is 15.9 Å². The zero-order valence-corrected chi connectivity index (χ0v) is 18.1. The topological polar surface area (TPSA) is 70.7 Å². The van der Waals surface area contributed by atoms with Gasteiger partial charge in [-0.25, -0.2) is 0 Å². The summed E-state index contributed by atoms with van der Waals surface area (Å²) >= 11 is 3.34. The smallest absolute Gasteiger partial charge is 0.251 e. The van der Waals surface area contributed by atoms with E-state index < -0.39 is 0 Å². The predicted molar refractivity (Wildman–Crippen MR) is 117 cm³/mol. The molecule has 2 aromatic carbocycles. The Hall–Kier alpha value is -2.54. The highest BCUT2D eigenvalue weighted by molar-refractivity contribution is 9.10. The fraction of sp³-hybridized carbons (Fsp3) is 0.364. The van der Waals surface area contributed by atoms with E-state index in [2.05, 4.69) is 43.6 Å². The maximum absolute atomic E-state index is 12.2. The second-order valence-corrected chi connectivity index (χ2v) is 7.96. The first-order valence-corrected chi connectivity index (χ1v) is 10.6. The van der Waals surface area contributed by atoms with Crippen molar-refractivity contribution in [2.45, 2.75) is 25.3 Å². The van der Waals surface area contributed by atoms with Crippen LogP contribution in [0.15, 0.2) is 53.0 Å². The molecule has 2 amide bonds. The Morgan fingerprint density at radius 2 is 1.72 bits per heavy atom. The van der Waals surface area contributed by atoms with E-state index in [-0.39, 0.29) is 24.3 Å². The summed E-state index contributed by atoms with van der Waals surface area (Å²) in [5.74, 6) is 0.658. The molecular formula is C22H26BrN3O3. The summed E-state index contributed by atoms with van der Waals surface area (Å²) in [5, 5.41) is 5.88. The molecule has 1 fully saturated rings. The third kappa shape index (κ3) is 6.22. The van der Waals surface area contributed by atoms with Crippen LogP contribution in [0.1, 0.15) is 29.6 Å². The molecule has 2 N–H and O–H groups in total. The van der Waals surface area contributed by atoms with Crippen LogP contribution in [0.25, 0.3) is 0 Å². The molecule has 0 radical (unpaired) electrons. The fourth-order valence-electron chi connectivity index (χ4n) is 3.37. The van der Waals surface area contributed by atoms with Gasteiger partial charge in [0.15, 0.2) is 0 Å². The van der Waals surface area contributed by atoms with Crippen molar-refractivity contribution in [1.29, 1.82) is 0 Å². The molecule has 0 spiro atoms. The molecule has 0 unspecified atom stereocenters. The van der Waals surface area contributed by atoms with Gasteiger partial charge in [0.25, 0.3) is 5.91 Å². The van der Waals surface area contributed by atoms with E-state index in [9.17, 15) is 9.59 Å². The number of rotatable bonds is 7. The first-order valence-electron chi connectivity index (χ1n) is 9.77. The van der Waals surface area contributed by atoms with Crippen LogP contribution in [-0.4, -0.2) is 44.6 Å². The van der Waals surface area contributed by atoms with Gasteiger partial charge >= 0.3 is 0 Å². The molecule has 0 atom stereocenters. The van der Waals surface area contributed by atoms with Crippen LogP contribution < -0.4 is 20.3 Å². The minimum atomic E-state index is -0.168. The van der Waals surface area contributed by atoms with E-state index in [1.54, 1.807) is 19.2 Å². The van der Waals surface area contributed by atoms with Gasteiger partial charge < -0.3 is 20.3 Å². The maximum Gasteiger partial charge on any atom is 0.251 e. The van der Waals surface area contributed by atoms with Gasteiger partial charge in [0, 0.05) is 47.8 Å². The van der Waals surface area contributed by atoms with Crippen LogP contribution in [0.4, 0.5) is 5.69 Å². The van der Waals surface area contributed by atoms with Crippen LogP contribution >= 0.6 is 15.9 Å². The first kappa shape index (κ1) is 21.2. The van der Waals surface area contributed by atoms with Crippen LogP contribution in [0.5, 0.6) is 5.75 Å². The van der Waals surface area contributed by atoms with E-state index in [1.165, 1.54) is 5.69 Å². The normalized spacial score (nSPS) is 14.3. The van der Waals surface area contributed by atoms with Crippen molar-refractivity contribution in [1.82, 2.24) is 10.6 Å². The number of halogens is 1. The van der Waals surface area contributed by atoms with Crippen molar-refractivity contribution in [3.8, 4) is 5.75 Å². The summed E-state index contributed by atoms with van der Waals surface area (Å²) in [6.07, 6.45) is 2.09. The zero-order chi connectivity index (χ0) is 20.6. The number of ether oxygens (including phenoxy) is 1. The van der Waals surface area contributed by atoms with E-state index in [4.69, 9.17) is 4.74 Å². The molecule has 0 bridgehead atoms. The molecular weight excluding hydrogens is 434 g/mol. The molecule has 0 aliphatic carbocycles. The quantitative estimate of drug-likeness (QED) is 0.665. The lowest BCUT2D eigenvalue weighted by atomic mass is 10.0. The van der Waals surface area contributed by atoms with E-state index in [1.807, 2.05) is 24.3 Å². The number of hydrogen-bond donors (Lipinski definition) is 2. The fourth-order valence-corrected chi connectivity index (χ4v) is 3.63. The molecule has 0 saturated carbocycles. The number of nitrogens with one attached hydrogen (secondary N) is 2. The first-order chi connectivity index (χ1) is 14.0. The SMILES string of the molecule is COc1ccc(N2CCC(NC(=O)CCNC(=O)c3ccc(Br)cc3)CC2)cc1. The number of methoxy groups -OCH3 is 1. The number of piperidine rings is 1. The minimum Gasteiger partial charge on any atom is -0.497 e. The Balaban J connectivity index is 1.36. The number of benzene rings is 2. The average molecular weight is 460 g/mol. The van der Waals surface area contributed by atoms with E-state index >= 15 is 0 Å². The number of anilines is 1. The zero-order valence-electron chi connectivity index (χ0n) is 16.5. The average Bonchev–Trinajstić information content (AvgIpc) is 2.75. The van der Waals surface area contributed by atoms with Gasteiger partial charge in [-0.15, -0.1) is 0 Å². The largest absolute Gasteiger partial charge is 0.497 e. The van der Waals surface area contributed by atoms with Crippen LogP contribution in [-0.2, 0) is 4.79 Å². The summed E-state index contributed by atoms with van der Waals surface area (Å²) in [6, 6.07) is 15.4. The molecule has 7 heteroatoms. The van der Waals surface area contributed by atoms with E-state index in [0.29, 0.717) is 12.1 Å². The Kier molecular flexibility index (Phi) is 7.52. The Labute approximate surface area is 179 Å². The Bertz CT molecular complexity index is 816. The number of amides is 2. The van der Waals surface area contributed by atoms with Crippen molar-refractivity contribution < 1.29 is 14.3 Å². The lowest BCUT2D eigenvalue weighted by Gasteiger charge is -2.34. The maximum atomic E-state index is 12.2. The molecule has 29 heavy (non-hydrogen) atoms. The van der Waals surface area contributed by atoms with Crippen LogP contribution in [0.2, 0.25) is 0 Å². The summed E-state index contributed by atoms with van der Waals surface area (Å²) in [7, 11) is 1.66. The highest BCUT2D eigenvalue weighted by atomic mass is 79.9. The number of nitrogens with zero attached hydrogens (tertiary/aromatic N) is 1. The van der Waals surface area contributed by atoms with Gasteiger partial charge in [-0.05, 0) is 61.4 Å². The molecule has 1 aliphatic rings. The number of carbonyl (C=O) groups is 2. The Morgan fingerprint density at radius 3 is 2.34 bits per heavy atom. The lowest BCUT2D eigenvalue weighted by Crippen LogP contribution is -2.45. The number of carbonyl (C=O) groups excluding carboxylic acids is 2. The van der Waals surface area contributed by atoms with Crippen LogP contribution in [0.3, 0.4) is 0 Å². The highest BCUT2D eigenvalue weighted by Crippen LogP contribution is 2.22. The van der Waals surface area contributed by atoms with Gasteiger partial charge in [-0.2, -0.15) is 0 Å². The van der Waals surface area contributed by atoms with Crippen LogP contribution in [0, 0.1) is 0 Å². The molecule has 0 aromatic heterocycles. The molecule has 2 aromatic rings. The molecule has 1 heterocycles. The van der Waals surface area contributed by atoms with Crippen molar-refractivity contribution in [3.63, 3.8) is 0 Å². The monoisotopic (exact) mass is 459 g/mol. The molecule has 1 aliphatic heterocycles. The summed E-state index contributed by atoms with van der Waals surface area (Å²) in [5.41, 5.74) is 1.76. The van der Waals surface area contributed by atoms with Crippen molar-refractivity contribution in [2.24, 2.45) is 0 Å².